The molecular weight excluding hydrogens is 228 g/mol. The standard InChI is InChI=1S/C13H14N4O/c1-14-12-9-16-6-4-11(12)13(18)17-8-10-3-2-5-15-7-10/h2-7,9,14H,8H2,1H3,(H,17,18). The minimum atomic E-state index is -0.134. The van der Waals surface area contributed by atoms with E-state index >= 15 is 0 Å². The summed E-state index contributed by atoms with van der Waals surface area (Å²) in [4.78, 5) is 20.0. The molecule has 0 aromatic carbocycles. The molecule has 1 amide bonds. The molecular formula is C13H14N4O. The maximum absolute atomic E-state index is 12.0. The summed E-state index contributed by atoms with van der Waals surface area (Å²) in [5.41, 5.74) is 2.25. The Labute approximate surface area is 105 Å². The third-order valence-corrected chi connectivity index (χ3v) is 2.51. The van der Waals surface area contributed by atoms with Gasteiger partial charge in [-0.05, 0) is 17.7 Å². The van der Waals surface area contributed by atoms with Gasteiger partial charge in [0.15, 0.2) is 0 Å². The highest BCUT2D eigenvalue weighted by atomic mass is 16.1. The molecule has 0 fully saturated rings. The van der Waals surface area contributed by atoms with Gasteiger partial charge >= 0.3 is 0 Å². The van der Waals surface area contributed by atoms with E-state index in [0.717, 1.165) is 5.56 Å². The van der Waals surface area contributed by atoms with Crippen LogP contribution in [0, 0.1) is 0 Å². The van der Waals surface area contributed by atoms with Gasteiger partial charge in [0.25, 0.3) is 5.91 Å². The van der Waals surface area contributed by atoms with Crippen LogP contribution < -0.4 is 10.6 Å². The molecule has 5 heteroatoms. The Bertz CT molecular complexity index is 528. The molecule has 0 aliphatic rings. The van der Waals surface area contributed by atoms with Crippen LogP contribution in [-0.4, -0.2) is 22.9 Å². The first-order chi connectivity index (χ1) is 8.81. The van der Waals surface area contributed by atoms with Crippen molar-refractivity contribution in [2.45, 2.75) is 6.54 Å². The summed E-state index contributed by atoms with van der Waals surface area (Å²) in [6.45, 7) is 0.456. The van der Waals surface area contributed by atoms with Crippen molar-refractivity contribution in [1.29, 1.82) is 0 Å². The molecule has 0 spiro atoms. The smallest absolute Gasteiger partial charge is 0.253 e. The van der Waals surface area contributed by atoms with Crippen molar-refractivity contribution >= 4 is 11.6 Å². The van der Waals surface area contributed by atoms with Crippen LogP contribution >= 0.6 is 0 Å². The van der Waals surface area contributed by atoms with E-state index in [1.54, 1.807) is 37.9 Å². The largest absolute Gasteiger partial charge is 0.386 e. The van der Waals surface area contributed by atoms with Crippen LogP contribution in [-0.2, 0) is 6.54 Å². The predicted molar refractivity (Wildman–Crippen MR) is 69.2 cm³/mol. The number of aromatic nitrogens is 2. The number of carbonyl (C=O) groups is 1. The number of nitrogens with zero attached hydrogens (tertiary/aromatic N) is 2. The van der Waals surface area contributed by atoms with Gasteiger partial charge in [0.2, 0.25) is 0 Å². The Morgan fingerprint density at radius 3 is 2.78 bits per heavy atom. The number of nitrogens with one attached hydrogen (secondary N) is 2. The molecule has 2 aromatic rings. The highest BCUT2D eigenvalue weighted by molar-refractivity contribution is 5.99. The van der Waals surface area contributed by atoms with E-state index in [0.29, 0.717) is 17.8 Å². The molecule has 5 nitrogen and oxygen atoms in total. The van der Waals surface area contributed by atoms with E-state index < -0.39 is 0 Å². The lowest BCUT2D eigenvalue weighted by Gasteiger charge is -2.08. The Morgan fingerprint density at radius 2 is 2.06 bits per heavy atom. The SMILES string of the molecule is CNc1cnccc1C(=O)NCc1cccnc1. The normalized spacial score (nSPS) is 9.83. The van der Waals surface area contributed by atoms with Crippen molar-refractivity contribution in [3.63, 3.8) is 0 Å². The fourth-order valence-electron chi connectivity index (χ4n) is 1.57. The summed E-state index contributed by atoms with van der Waals surface area (Å²) in [7, 11) is 1.76. The average Bonchev–Trinajstić information content (AvgIpc) is 2.45. The van der Waals surface area contributed by atoms with Crippen molar-refractivity contribution in [3.05, 3.63) is 54.1 Å². The van der Waals surface area contributed by atoms with E-state index in [1.807, 2.05) is 12.1 Å². The lowest BCUT2D eigenvalue weighted by molar-refractivity contribution is 0.0951. The van der Waals surface area contributed by atoms with Crippen LogP contribution in [0.5, 0.6) is 0 Å². The molecule has 18 heavy (non-hydrogen) atoms. The monoisotopic (exact) mass is 242 g/mol. The zero-order valence-corrected chi connectivity index (χ0v) is 10.1. The first-order valence-corrected chi connectivity index (χ1v) is 5.60. The van der Waals surface area contributed by atoms with Crippen LogP contribution in [0.15, 0.2) is 43.0 Å². The Hall–Kier alpha value is -2.43. The molecule has 2 heterocycles. The summed E-state index contributed by atoms with van der Waals surface area (Å²) in [6.07, 6.45) is 6.65. The van der Waals surface area contributed by atoms with E-state index in [-0.39, 0.29) is 5.91 Å². The van der Waals surface area contributed by atoms with Gasteiger partial charge in [0.05, 0.1) is 17.4 Å². The molecule has 0 unspecified atom stereocenters. The minimum absolute atomic E-state index is 0.134. The second-order valence-electron chi connectivity index (χ2n) is 3.72. The number of hydrogen-bond acceptors (Lipinski definition) is 4. The average molecular weight is 242 g/mol. The molecule has 0 aliphatic heterocycles. The number of rotatable bonds is 4. The molecule has 2 aromatic heterocycles. The third kappa shape index (κ3) is 2.82. The highest BCUT2D eigenvalue weighted by Gasteiger charge is 2.09. The first kappa shape index (κ1) is 12.0. The van der Waals surface area contributed by atoms with E-state index in [9.17, 15) is 4.79 Å². The summed E-state index contributed by atoms with van der Waals surface area (Å²) >= 11 is 0. The van der Waals surface area contributed by atoms with Gasteiger partial charge in [-0.1, -0.05) is 6.07 Å². The Balaban J connectivity index is 2.04. The molecule has 92 valence electrons. The van der Waals surface area contributed by atoms with Gasteiger partial charge in [-0.15, -0.1) is 0 Å². The Kier molecular flexibility index (Phi) is 3.86. The zero-order valence-electron chi connectivity index (χ0n) is 10.1. The number of amides is 1. The molecule has 0 bridgehead atoms. The summed E-state index contributed by atoms with van der Waals surface area (Å²) in [5, 5.41) is 5.78. The van der Waals surface area contributed by atoms with Crippen LogP contribution in [0.4, 0.5) is 5.69 Å². The molecule has 0 atom stereocenters. The third-order valence-electron chi connectivity index (χ3n) is 2.51. The first-order valence-electron chi connectivity index (χ1n) is 5.60. The van der Waals surface area contributed by atoms with Gasteiger partial charge in [-0.2, -0.15) is 0 Å². The van der Waals surface area contributed by atoms with Gasteiger partial charge in [-0.3, -0.25) is 14.8 Å². The number of hydrogen-bond donors (Lipinski definition) is 2. The maximum atomic E-state index is 12.0. The van der Waals surface area contributed by atoms with Crippen LogP contribution in [0.1, 0.15) is 15.9 Å². The molecule has 0 radical (unpaired) electrons. The quantitative estimate of drug-likeness (QED) is 0.851. The van der Waals surface area contributed by atoms with Crippen LogP contribution in [0.25, 0.3) is 0 Å². The van der Waals surface area contributed by atoms with Crippen molar-refractivity contribution in [1.82, 2.24) is 15.3 Å². The second-order valence-corrected chi connectivity index (χ2v) is 3.72. The summed E-state index contributed by atoms with van der Waals surface area (Å²) < 4.78 is 0. The topological polar surface area (TPSA) is 66.9 Å². The van der Waals surface area contributed by atoms with Crippen LogP contribution in [0.3, 0.4) is 0 Å². The molecule has 0 saturated carbocycles. The lowest BCUT2D eigenvalue weighted by atomic mass is 10.2. The predicted octanol–water partition coefficient (Wildman–Crippen LogP) is 1.45. The van der Waals surface area contributed by atoms with E-state index in [1.165, 1.54) is 0 Å². The number of anilines is 1. The Morgan fingerprint density at radius 1 is 1.22 bits per heavy atom. The zero-order chi connectivity index (χ0) is 12.8. The molecule has 2 rings (SSSR count). The number of pyridine rings is 2. The number of carbonyl (C=O) groups excluding carboxylic acids is 1. The van der Waals surface area contributed by atoms with Crippen molar-refractivity contribution in [2.24, 2.45) is 0 Å². The van der Waals surface area contributed by atoms with E-state index in [2.05, 4.69) is 20.6 Å². The fraction of sp³-hybridized carbons (Fsp3) is 0.154. The fourth-order valence-corrected chi connectivity index (χ4v) is 1.57. The van der Waals surface area contributed by atoms with E-state index in [4.69, 9.17) is 0 Å². The van der Waals surface area contributed by atoms with Gasteiger partial charge in [0.1, 0.15) is 0 Å². The lowest BCUT2D eigenvalue weighted by Crippen LogP contribution is -2.23. The van der Waals surface area contributed by atoms with Crippen molar-refractivity contribution in [2.75, 3.05) is 12.4 Å². The summed E-state index contributed by atoms with van der Waals surface area (Å²) in [6, 6.07) is 5.44. The van der Waals surface area contributed by atoms with Gasteiger partial charge in [-0.25, -0.2) is 0 Å². The van der Waals surface area contributed by atoms with Gasteiger partial charge < -0.3 is 10.6 Å². The van der Waals surface area contributed by atoms with Gasteiger partial charge in [0, 0.05) is 32.2 Å². The molecule has 0 aliphatic carbocycles. The highest BCUT2D eigenvalue weighted by Crippen LogP contribution is 2.12. The van der Waals surface area contributed by atoms with Crippen LogP contribution in [0.2, 0.25) is 0 Å². The van der Waals surface area contributed by atoms with Crippen molar-refractivity contribution in [3.8, 4) is 0 Å². The molecule has 2 N–H and O–H groups in total. The second kappa shape index (κ2) is 5.77. The molecule has 0 saturated heterocycles. The minimum Gasteiger partial charge on any atom is -0.386 e. The summed E-state index contributed by atoms with van der Waals surface area (Å²) in [5.74, 6) is -0.134. The van der Waals surface area contributed by atoms with Crippen molar-refractivity contribution < 1.29 is 4.79 Å². The maximum Gasteiger partial charge on any atom is 0.253 e.